The number of rotatable bonds is 6. The van der Waals surface area contributed by atoms with Crippen molar-refractivity contribution >= 4 is 23.3 Å². The van der Waals surface area contributed by atoms with Gasteiger partial charge in [-0.05, 0) is 51.0 Å². The van der Waals surface area contributed by atoms with E-state index >= 15 is 0 Å². The number of hydrogen-bond acceptors (Lipinski definition) is 8. The minimum absolute atomic E-state index is 0.0367. The molecule has 5 heterocycles. The van der Waals surface area contributed by atoms with Crippen molar-refractivity contribution in [2.45, 2.75) is 51.9 Å². The molecule has 2 atom stereocenters. The highest BCUT2D eigenvalue weighted by molar-refractivity contribution is 5.86. The van der Waals surface area contributed by atoms with E-state index in [1.54, 1.807) is 12.3 Å². The minimum Gasteiger partial charge on any atom is -0.477 e. The van der Waals surface area contributed by atoms with Gasteiger partial charge in [-0.1, -0.05) is 6.58 Å². The molecule has 3 aromatic heterocycles. The lowest BCUT2D eigenvalue weighted by Gasteiger charge is -2.43. The van der Waals surface area contributed by atoms with Crippen molar-refractivity contribution in [1.82, 2.24) is 29.7 Å². The number of carboxylic acid groups (broad SMARTS) is 1. The number of likely N-dealkylation sites (tertiary alicyclic amines) is 1. The Labute approximate surface area is 204 Å². The molecule has 9 heteroatoms. The number of anilines is 2. The predicted molar refractivity (Wildman–Crippen MR) is 133 cm³/mol. The Morgan fingerprint density at radius 1 is 1.17 bits per heavy atom. The average molecular weight is 472 g/mol. The van der Waals surface area contributed by atoms with Crippen molar-refractivity contribution in [3.05, 3.63) is 77.6 Å². The van der Waals surface area contributed by atoms with Gasteiger partial charge in [-0.3, -0.25) is 9.88 Å². The first-order valence-electron chi connectivity index (χ1n) is 11.8. The van der Waals surface area contributed by atoms with Crippen LogP contribution in [0.5, 0.6) is 0 Å². The van der Waals surface area contributed by atoms with E-state index in [9.17, 15) is 9.90 Å². The summed E-state index contributed by atoms with van der Waals surface area (Å²) in [6, 6.07) is 8.07. The number of pyridine rings is 2. The Bertz CT molecular complexity index is 1260. The van der Waals surface area contributed by atoms with Crippen molar-refractivity contribution in [3.63, 3.8) is 0 Å². The molecule has 5 rings (SSSR count). The van der Waals surface area contributed by atoms with E-state index in [1.165, 1.54) is 11.8 Å². The fourth-order valence-electron chi connectivity index (χ4n) is 4.94. The molecule has 2 aliphatic rings. The summed E-state index contributed by atoms with van der Waals surface area (Å²) in [4.78, 5) is 33.6. The van der Waals surface area contributed by atoms with E-state index in [0.29, 0.717) is 12.0 Å². The third kappa shape index (κ3) is 4.85. The number of nitrogens with one attached hydrogen (secondary N) is 1. The molecule has 0 spiro atoms. The zero-order valence-electron chi connectivity index (χ0n) is 20.0. The topological polar surface area (TPSA) is 107 Å². The maximum absolute atomic E-state index is 11.3. The first-order chi connectivity index (χ1) is 16.9. The van der Waals surface area contributed by atoms with Gasteiger partial charge in [0, 0.05) is 66.6 Å². The van der Waals surface area contributed by atoms with Crippen LogP contribution in [0.3, 0.4) is 0 Å². The molecule has 3 aromatic rings. The lowest BCUT2D eigenvalue weighted by atomic mass is 9.95. The molecule has 0 aliphatic carbocycles. The van der Waals surface area contributed by atoms with Gasteiger partial charge in [0.25, 0.3) is 0 Å². The van der Waals surface area contributed by atoms with Gasteiger partial charge in [0.15, 0.2) is 0 Å². The molecule has 0 unspecified atom stereocenters. The smallest absolute Gasteiger partial charge is 0.354 e. The van der Waals surface area contributed by atoms with Crippen LogP contribution in [-0.2, 0) is 13.1 Å². The number of piperidine rings is 1. The molecular formula is C26H29N7O2. The second-order valence-corrected chi connectivity index (χ2v) is 9.29. The summed E-state index contributed by atoms with van der Waals surface area (Å²) < 4.78 is 0. The Morgan fingerprint density at radius 3 is 2.77 bits per heavy atom. The third-order valence-electron chi connectivity index (χ3n) is 6.87. The number of nitrogens with zero attached hydrogens (tertiary/aromatic N) is 6. The first-order valence-corrected chi connectivity index (χ1v) is 11.8. The Morgan fingerprint density at radius 2 is 2.03 bits per heavy atom. The Hall–Kier alpha value is -3.85. The number of fused-ring (bicyclic) bond motifs is 1. The number of hydrogen-bond donors (Lipinski definition) is 2. The monoisotopic (exact) mass is 471 g/mol. The third-order valence-corrected chi connectivity index (χ3v) is 6.87. The van der Waals surface area contributed by atoms with Crippen LogP contribution in [0, 0.1) is 6.92 Å². The SMILES string of the molecule is C=C(c1ccnc(C(=O)O)c1)N1CC[C@@H](N2Cc3cnc(Nc4ccc(C)nc4)nc3C2)C[C@H]1C. The minimum atomic E-state index is -1.03. The molecule has 35 heavy (non-hydrogen) atoms. The number of aryl methyl sites for hydroxylation is 1. The number of aromatic nitrogens is 4. The summed E-state index contributed by atoms with van der Waals surface area (Å²) >= 11 is 0. The maximum Gasteiger partial charge on any atom is 0.354 e. The number of carboxylic acids is 1. The molecule has 1 saturated heterocycles. The fraction of sp³-hybridized carbons (Fsp3) is 0.346. The summed E-state index contributed by atoms with van der Waals surface area (Å²) in [5.74, 6) is -0.439. The van der Waals surface area contributed by atoms with Gasteiger partial charge >= 0.3 is 5.97 Å². The van der Waals surface area contributed by atoms with Crippen LogP contribution >= 0.6 is 0 Å². The summed E-state index contributed by atoms with van der Waals surface area (Å²) in [6.07, 6.45) is 7.24. The highest BCUT2D eigenvalue weighted by Crippen LogP contribution is 2.33. The van der Waals surface area contributed by atoms with E-state index in [4.69, 9.17) is 4.98 Å². The van der Waals surface area contributed by atoms with Crippen LogP contribution in [0.1, 0.15) is 52.8 Å². The van der Waals surface area contributed by atoms with Crippen molar-refractivity contribution in [2.24, 2.45) is 0 Å². The second kappa shape index (κ2) is 9.42. The van der Waals surface area contributed by atoms with E-state index in [2.05, 4.69) is 43.6 Å². The van der Waals surface area contributed by atoms with Crippen LogP contribution in [0.4, 0.5) is 11.6 Å². The summed E-state index contributed by atoms with van der Waals surface area (Å²) in [5, 5.41) is 12.5. The van der Waals surface area contributed by atoms with Crippen LogP contribution in [0.15, 0.2) is 49.4 Å². The molecule has 0 radical (unpaired) electrons. The molecule has 0 amide bonds. The second-order valence-electron chi connectivity index (χ2n) is 9.29. The van der Waals surface area contributed by atoms with E-state index in [-0.39, 0.29) is 11.7 Å². The predicted octanol–water partition coefficient (Wildman–Crippen LogP) is 3.86. The highest BCUT2D eigenvalue weighted by atomic mass is 16.4. The molecule has 1 fully saturated rings. The zero-order valence-corrected chi connectivity index (χ0v) is 20.0. The van der Waals surface area contributed by atoms with Gasteiger partial charge in [-0.2, -0.15) is 0 Å². The van der Waals surface area contributed by atoms with Crippen molar-refractivity contribution in [1.29, 1.82) is 0 Å². The molecular weight excluding hydrogens is 442 g/mol. The van der Waals surface area contributed by atoms with Crippen molar-refractivity contribution in [3.8, 4) is 0 Å². The number of carbonyl (C=O) groups is 1. The van der Waals surface area contributed by atoms with E-state index in [0.717, 1.165) is 60.8 Å². The Balaban J connectivity index is 1.21. The molecule has 9 nitrogen and oxygen atoms in total. The maximum atomic E-state index is 11.3. The molecule has 0 bridgehead atoms. The summed E-state index contributed by atoms with van der Waals surface area (Å²) in [7, 11) is 0. The summed E-state index contributed by atoms with van der Waals surface area (Å²) in [6.45, 7) is 11.0. The first kappa shape index (κ1) is 22.9. The van der Waals surface area contributed by atoms with Crippen molar-refractivity contribution in [2.75, 3.05) is 11.9 Å². The molecule has 2 aliphatic heterocycles. The fourth-order valence-corrected chi connectivity index (χ4v) is 4.94. The van der Waals surface area contributed by atoms with Crippen LogP contribution in [0.2, 0.25) is 0 Å². The quantitative estimate of drug-likeness (QED) is 0.554. The average Bonchev–Trinajstić information content (AvgIpc) is 3.28. The summed E-state index contributed by atoms with van der Waals surface area (Å²) in [5.41, 5.74) is 5.77. The highest BCUT2D eigenvalue weighted by Gasteiger charge is 2.33. The molecule has 0 saturated carbocycles. The number of aromatic carboxylic acids is 1. The van der Waals surface area contributed by atoms with Crippen LogP contribution in [-0.4, -0.2) is 59.4 Å². The lowest BCUT2D eigenvalue weighted by Crippen LogP contribution is -2.46. The molecule has 180 valence electrons. The van der Waals surface area contributed by atoms with Crippen LogP contribution in [0.25, 0.3) is 5.70 Å². The van der Waals surface area contributed by atoms with Gasteiger partial charge in [-0.15, -0.1) is 0 Å². The van der Waals surface area contributed by atoms with Crippen LogP contribution < -0.4 is 5.32 Å². The zero-order chi connectivity index (χ0) is 24.5. The normalized spacial score (nSPS) is 19.9. The lowest BCUT2D eigenvalue weighted by molar-refractivity contribution is 0.0690. The standard InChI is InChI=1S/C26H29N7O2/c1-16-4-5-21(13-28-16)30-26-29-12-20-14-32(15-24(20)31-26)22-7-9-33(17(2)10-22)18(3)19-6-8-27-23(11-19)25(34)35/h4-6,8,11-13,17,22H,3,7,9-10,14-15H2,1-2H3,(H,34,35)(H,29,30,31)/t17-,22-/m1/s1. The van der Waals surface area contributed by atoms with Gasteiger partial charge in [0.1, 0.15) is 5.69 Å². The largest absolute Gasteiger partial charge is 0.477 e. The van der Waals surface area contributed by atoms with Gasteiger partial charge in [0.2, 0.25) is 5.95 Å². The Kier molecular flexibility index (Phi) is 6.17. The van der Waals surface area contributed by atoms with Gasteiger partial charge in [-0.25, -0.2) is 19.7 Å². The van der Waals surface area contributed by atoms with Gasteiger partial charge < -0.3 is 15.3 Å². The molecule has 2 N–H and O–H groups in total. The van der Waals surface area contributed by atoms with E-state index in [1.807, 2.05) is 31.3 Å². The van der Waals surface area contributed by atoms with E-state index < -0.39 is 5.97 Å². The van der Waals surface area contributed by atoms with Gasteiger partial charge in [0.05, 0.1) is 17.6 Å². The van der Waals surface area contributed by atoms with Crippen molar-refractivity contribution < 1.29 is 9.90 Å². The molecule has 0 aromatic carbocycles.